The van der Waals surface area contributed by atoms with E-state index in [0.717, 1.165) is 18.4 Å². The van der Waals surface area contributed by atoms with Crippen LogP contribution < -0.4 is 0 Å². The van der Waals surface area contributed by atoms with Crippen LogP contribution in [-0.4, -0.2) is 5.78 Å². The van der Waals surface area contributed by atoms with Crippen molar-refractivity contribution in [2.45, 2.75) is 40.0 Å². The van der Waals surface area contributed by atoms with Crippen molar-refractivity contribution < 1.29 is 4.79 Å². The van der Waals surface area contributed by atoms with Gasteiger partial charge in [0.05, 0.1) is 0 Å². The summed E-state index contributed by atoms with van der Waals surface area (Å²) < 4.78 is 0. The van der Waals surface area contributed by atoms with Crippen LogP contribution in [0.25, 0.3) is 0 Å². The maximum Gasteiger partial charge on any atom is 0.155 e. The summed E-state index contributed by atoms with van der Waals surface area (Å²) in [5, 5.41) is 0. The number of allylic oxidation sites excluding steroid dienone is 5. The average molecular weight is 218 g/mol. The zero-order valence-corrected chi connectivity index (χ0v) is 10.6. The third-order valence-corrected chi connectivity index (χ3v) is 3.08. The monoisotopic (exact) mass is 218 g/mol. The summed E-state index contributed by atoms with van der Waals surface area (Å²) in [6, 6.07) is 0. The topological polar surface area (TPSA) is 17.1 Å². The Morgan fingerprint density at radius 2 is 2.31 bits per heavy atom. The summed E-state index contributed by atoms with van der Waals surface area (Å²) in [7, 11) is 0. The van der Waals surface area contributed by atoms with Gasteiger partial charge in [-0.15, -0.1) is 0 Å². The second-order valence-electron chi connectivity index (χ2n) is 5.09. The minimum Gasteiger partial charge on any atom is -0.295 e. The van der Waals surface area contributed by atoms with Gasteiger partial charge in [-0.25, -0.2) is 0 Å². The quantitative estimate of drug-likeness (QED) is 0.650. The fourth-order valence-corrected chi connectivity index (χ4v) is 2.12. The van der Waals surface area contributed by atoms with Gasteiger partial charge in [0.1, 0.15) is 0 Å². The molecule has 88 valence electrons. The van der Waals surface area contributed by atoms with Gasteiger partial charge in [0.15, 0.2) is 5.78 Å². The molecular weight excluding hydrogens is 196 g/mol. The molecule has 0 fully saturated rings. The van der Waals surface area contributed by atoms with E-state index >= 15 is 0 Å². The lowest BCUT2D eigenvalue weighted by molar-refractivity contribution is -0.115. The molecule has 0 N–H and O–H groups in total. The highest BCUT2D eigenvalue weighted by atomic mass is 16.1. The van der Waals surface area contributed by atoms with E-state index in [-0.39, 0.29) is 5.78 Å². The van der Waals surface area contributed by atoms with Crippen molar-refractivity contribution in [3.05, 3.63) is 36.0 Å². The standard InChI is InChI=1S/C15H22O/c1-11(2)9-15(16)10-13(4)14-7-5-12(3)6-8-14/h5,7,9,13-14H,3,6,8,10H2,1-2,4H3. The molecule has 16 heavy (non-hydrogen) atoms. The first kappa shape index (κ1) is 13.0. The number of rotatable bonds is 4. The first-order valence-electron chi connectivity index (χ1n) is 6.02. The predicted molar refractivity (Wildman–Crippen MR) is 69.2 cm³/mol. The third kappa shape index (κ3) is 4.18. The van der Waals surface area contributed by atoms with Crippen LogP contribution in [0.4, 0.5) is 0 Å². The zero-order chi connectivity index (χ0) is 12.1. The Morgan fingerprint density at radius 1 is 1.62 bits per heavy atom. The summed E-state index contributed by atoms with van der Waals surface area (Å²) >= 11 is 0. The molecule has 0 bridgehead atoms. The molecule has 0 spiro atoms. The van der Waals surface area contributed by atoms with Crippen molar-refractivity contribution in [1.29, 1.82) is 0 Å². The Kier molecular flexibility index (Phi) is 4.72. The molecule has 1 nitrogen and oxygen atoms in total. The van der Waals surface area contributed by atoms with Crippen LogP contribution in [-0.2, 0) is 4.79 Å². The average Bonchev–Trinajstić information content (AvgIpc) is 2.16. The van der Waals surface area contributed by atoms with Crippen LogP contribution >= 0.6 is 0 Å². The largest absolute Gasteiger partial charge is 0.295 e. The minimum atomic E-state index is 0.255. The summed E-state index contributed by atoms with van der Waals surface area (Å²) in [4.78, 5) is 11.7. The van der Waals surface area contributed by atoms with Gasteiger partial charge in [0, 0.05) is 6.42 Å². The van der Waals surface area contributed by atoms with Gasteiger partial charge in [-0.1, -0.05) is 36.8 Å². The fourth-order valence-electron chi connectivity index (χ4n) is 2.12. The van der Waals surface area contributed by atoms with Crippen LogP contribution in [0.2, 0.25) is 0 Å². The molecule has 2 unspecified atom stereocenters. The SMILES string of the molecule is C=C1C=CC(C(C)CC(=O)C=C(C)C)CC1. The highest BCUT2D eigenvalue weighted by Gasteiger charge is 2.19. The van der Waals surface area contributed by atoms with Gasteiger partial charge in [0.25, 0.3) is 0 Å². The molecule has 0 radical (unpaired) electrons. The second-order valence-corrected chi connectivity index (χ2v) is 5.09. The molecule has 0 aromatic rings. The van der Waals surface area contributed by atoms with Crippen LogP contribution in [0, 0.1) is 11.8 Å². The van der Waals surface area contributed by atoms with Gasteiger partial charge in [0.2, 0.25) is 0 Å². The van der Waals surface area contributed by atoms with Gasteiger partial charge in [-0.2, -0.15) is 0 Å². The number of carbonyl (C=O) groups excluding carboxylic acids is 1. The van der Waals surface area contributed by atoms with Gasteiger partial charge in [-0.05, 0) is 44.6 Å². The molecule has 0 aromatic heterocycles. The maximum atomic E-state index is 11.7. The Morgan fingerprint density at radius 3 is 2.81 bits per heavy atom. The summed E-state index contributed by atoms with van der Waals surface area (Å²) in [6.07, 6.45) is 8.94. The minimum absolute atomic E-state index is 0.255. The molecule has 0 saturated carbocycles. The van der Waals surface area contributed by atoms with Crippen molar-refractivity contribution in [3.63, 3.8) is 0 Å². The highest BCUT2D eigenvalue weighted by Crippen LogP contribution is 2.28. The molecule has 1 aliphatic carbocycles. The molecule has 1 heteroatoms. The molecule has 1 aliphatic rings. The Hall–Kier alpha value is -1.11. The molecule has 0 aliphatic heterocycles. The highest BCUT2D eigenvalue weighted by molar-refractivity contribution is 5.90. The number of hydrogen-bond donors (Lipinski definition) is 0. The summed E-state index contributed by atoms with van der Waals surface area (Å²) in [6.45, 7) is 10.0. The van der Waals surface area contributed by atoms with Crippen molar-refractivity contribution in [1.82, 2.24) is 0 Å². The Bertz CT molecular complexity index is 329. The van der Waals surface area contributed by atoms with Crippen molar-refractivity contribution >= 4 is 5.78 Å². The van der Waals surface area contributed by atoms with Crippen molar-refractivity contribution in [3.8, 4) is 0 Å². The van der Waals surface area contributed by atoms with Gasteiger partial charge in [-0.3, -0.25) is 4.79 Å². The first-order valence-corrected chi connectivity index (χ1v) is 6.02. The lowest BCUT2D eigenvalue weighted by atomic mass is 9.82. The Balaban J connectivity index is 2.50. The van der Waals surface area contributed by atoms with Crippen LogP contribution in [0.15, 0.2) is 36.0 Å². The smallest absolute Gasteiger partial charge is 0.155 e. The maximum absolute atomic E-state index is 11.7. The predicted octanol–water partition coefficient (Wildman–Crippen LogP) is 4.07. The lowest BCUT2D eigenvalue weighted by Crippen LogP contribution is -2.15. The normalized spacial score (nSPS) is 21.7. The van der Waals surface area contributed by atoms with E-state index in [1.54, 1.807) is 6.08 Å². The van der Waals surface area contributed by atoms with Crippen molar-refractivity contribution in [2.24, 2.45) is 11.8 Å². The number of ketones is 1. The van der Waals surface area contributed by atoms with Crippen LogP contribution in [0.3, 0.4) is 0 Å². The third-order valence-electron chi connectivity index (χ3n) is 3.08. The zero-order valence-electron chi connectivity index (χ0n) is 10.6. The molecule has 0 heterocycles. The summed E-state index contributed by atoms with van der Waals surface area (Å²) in [5.41, 5.74) is 2.30. The van der Waals surface area contributed by atoms with Crippen LogP contribution in [0.5, 0.6) is 0 Å². The number of carbonyl (C=O) groups is 1. The molecule has 0 saturated heterocycles. The molecule has 0 aromatic carbocycles. The van der Waals surface area contributed by atoms with E-state index < -0.39 is 0 Å². The van der Waals surface area contributed by atoms with Gasteiger partial charge < -0.3 is 0 Å². The van der Waals surface area contributed by atoms with Crippen molar-refractivity contribution in [2.75, 3.05) is 0 Å². The fraction of sp³-hybridized carbons (Fsp3) is 0.533. The molecule has 0 amide bonds. The number of hydrogen-bond acceptors (Lipinski definition) is 1. The molecule has 1 rings (SSSR count). The van der Waals surface area contributed by atoms with Crippen LogP contribution in [0.1, 0.15) is 40.0 Å². The van der Waals surface area contributed by atoms with E-state index in [1.165, 1.54) is 5.57 Å². The Labute approximate surface area is 98.9 Å². The summed E-state index contributed by atoms with van der Waals surface area (Å²) in [5.74, 6) is 1.23. The molecule has 2 atom stereocenters. The van der Waals surface area contributed by atoms with E-state index in [1.807, 2.05) is 13.8 Å². The first-order chi connectivity index (χ1) is 7.49. The van der Waals surface area contributed by atoms with E-state index in [2.05, 4.69) is 25.7 Å². The second kappa shape index (κ2) is 5.83. The van der Waals surface area contributed by atoms with E-state index in [9.17, 15) is 4.79 Å². The van der Waals surface area contributed by atoms with Gasteiger partial charge >= 0.3 is 0 Å². The molecular formula is C15H22O. The van der Waals surface area contributed by atoms with E-state index in [4.69, 9.17) is 0 Å². The lowest BCUT2D eigenvalue weighted by Gasteiger charge is -2.23. The van der Waals surface area contributed by atoms with E-state index in [0.29, 0.717) is 18.3 Å².